The van der Waals surface area contributed by atoms with E-state index in [2.05, 4.69) is 0 Å². The van der Waals surface area contributed by atoms with Gasteiger partial charge in [-0.3, -0.25) is 19.3 Å². The highest BCUT2D eigenvalue weighted by Crippen LogP contribution is 2.38. The Morgan fingerprint density at radius 3 is 2.30 bits per heavy atom. The average Bonchev–Trinajstić information content (AvgIpc) is 2.99. The van der Waals surface area contributed by atoms with E-state index in [0.717, 1.165) is 12.8 Å². The monoisotopic (exact) mass is 277 g/mol. The van der Waals surface area contributed by atoms with Crippen molar-refractivity contribution in [1.29, 1.82) is 0 Å². The van der Waals surface area contributed by atoms with Crippen LogP contribution >= 0.6 is 0 Å². The first kappa shape index (κ1) is 13.3. The number of allylic oxidation sites excluding steroid dienone is 2. The summed E-state index contributed by atoms with van der Waals surface area (Å²) in [6.07, 6.45) is 7.52. The Hall–Kier alpha value is -1.65. The Balaban J connectivity index is 1.73. The number of carboxylic acid groups (broad SMARTS) is 1. The number of hydrogen-bond donors (Lipinski definition) is 1. The normalized spacial score (nSPS) is 36.5. The summed E-state index contributed by atoms with van der Waals surface area (Å²) in [4.78, 5) is 37.2. The molecule has 20 heavy (non-hydrogen) atoms. The molecule has 2 aliphatic carbocycles. The van der Waals surface area contributed by atoms with Gasteiger partial charge in [0.2, 0.25) is 11.8 Å². The van der Waals surface area contributed by atoms with Crippen LogP contribution in [0, 0.1) is 23.7 Å². The lowest BCUT2D eigenvalue weighted by atomic mass is 9.85. The molecule has 0 spiro atoms. The van der Waals surface area contributed by atoms with E-state index in [4.69, 9.17) is 0 Å². The molecule has 2 fully saturated rings. The van der Waals surface area contributed by atoms with Crippen LogP contribution in [0.2, 0.25) is 0 Å². The maximum atomic E-state index is 12.3. The lowest BCUT2D eigenvalue weighted by Gasteiger charge is -2.22. The van der Waals surface area contributed by atoms with Crippen LogP contribution < -0.4 is 0 Å². The number of nitrogens with zero attached hydrogens (tertiary/aromatic N) is 1. The first-order valence-corrected chi connectivity index (χ1v) is 7.32. The summed E-state index contributed by atoms with van der Waals surface area (Å²) in [7, 11) is 0. The van der Waals surface area contributed by atoms with Crippen molar-refractivity contribution in [3.63, 3.8) is 0 Å². The van der Waals surface area contributed by atoms with E-state index >= 15 is 0 Å². The molecule has 2 unspecified atom stereocenters. The van der Waals surface area contributed by atoms with E-state index in [1.807, 2.05) is 12.2 Å². The molecule has 1 aliphatic heterocycles. The molecule has 0 radical (unpaired) electrons. The lowest BCUT2D eigenvalue weighted by molar-refractivity contribution is -0.146. The summed E-state index contributed by atoms with van der Waals surface area (Å²) < 4.78 is 0. The zero-order valence-electron chi connectivity index (χ0n) is 11.3. The second-order valence-corrected chi connectivity index (χ2v) is 6.08. The van der Waals surface area contributed by atoms with Crippen molar-refractivity contribution in [2.24, 2.45) is 23.7 Å². The van der Waals surface area contributed by atoms with E-state index in [-0.39, 0.29) is 29.6 Å². The van der Waals surface area contributed by atoms with Crippen molar-refractivity contribution in [3.8, 4) is 0 Å². The number of amides is 2. The van der Waals surface area contributed by atoms with E-state index in [0.29, 0.717) is 25.8 Å². The molecule has 1 N–H and O–H groups in total. The molecular weight excluding hydrogens is 258 g/mol. The summed E-state index contributed by atoms with van der Waals surface area (Å²) in [5.74, 6) is -1.90. The molecule has 0 bridgehead atoms. The van der Waals surface area contributed by atoms with Gasteiger partial charge in [-0.15, -0.1) is 0 Å². The number of carboxylic acids is 1. The molecule has 3 rings (SSSR count). The molecular formula is C15H19NO4. The number of hydrogen-bond acceptors (Lipinski definition) is 3. The molecule has 1 heterocycles. The van der Waals surface area contributed by atoms with Crippen LogP contribution in [0.15, 0.2) is 12.2 Å². The highest BCUT2D eigenvalue weighted by Gasteiger charge is 2.48. The summed E-state index contributed by atoms with van der Waals surface area (Å²) in [5.41, 5.74) is 0. The van der Waals surface area contributed by atoms with E-state index in [1.165, 1.54) is 4.90 Å². The van der Waals surface area contributed by atoms with Crippen LogP contribution in [0.25, 0.3) is 0 Å². The maximum Gasteiger partial charge on any atom is 0.306 e. The molecule has 0 aromatic carbocycles. The standard InChI is InChI=1S/C15H19NO4/c17-13-11-5-1-2-6-12(11)14(18)16(13)8-9-4-3-7-10(9)15(19)20/h1-2,9-12H,3-8H2,(H,19,20)/t9?,10?,11-,12+. The molecule has 5 heteroatoms. The van der Waals surface area contributed by atoms with Gasteiger partial charge in [-0.05, 0) is 31.6 Å². The fourth-order valence-electron chi connectivity index (χ4n) is 3.86. The van der Waals surface area contributed by atoms with Crippen LogP contribution in [-0.2, 0) is 14.4 Å². The minimum absolute atomic E-state index is 0.0755. The Labute approximate surface area is 117 Å². The number of rotatable bonds is 3. The zero-order chi connectivity index (χ0) is 14.3. The predicted molar refractivity (Wildman–Crippen MR) is 70.5 cm³/mol. The van der Waals surface area contributed by atoms with Gasteiger partial charge in [0, 0.05) is 6.54 Å². The molecule has 5 nitrogen and oxygen atoms in total. The van der Waals surface area contributed by atoms with Gasteiger partial charge < -0.3 is 5.11 Å². The van der Waals surface area contributed by atoms with Crippen molar-refractivity contribution in [1.82, 2.24) is 4.90 Å². The van der Waals surface area contributed by atoms with Gasteiger partial charge in [-0.25, -0.2) is 0 Å². The van der Waals surface area contributed by atoms with Gasteiger partial charge in [0.15, 0.2) is 0 Å². The third-order valence-electron chi connectivity index (χ3n) is 4.99. The molecule has 108 valence electrons. The number of carbonyl (C=O) groups is 3. The van der Waals surface area contributed by atoms with Gasteiger partial charge in [-0.1, -0.05) is 18.6 Å². The number of carbonyl (C=O) groups excluding carboxylic acids is 2. The lowest BCUT2D eigenvalue weighted by Crippen LogP contribution is -2.38. The van der Waals surface area contributed by atoms with Crippen molar-refractivity contribution in [2.45, 2.75) is 32.1 Å². The van der Waals surface area contributed by atoms with Gasteiger partial charge in [0.05, 0.1) is 17.8 Å². The second-order valence-electron chi connectivity index (χ2n) is 6.08. The summed E-state index contributed by atoms with van der Waals surface area (Å²) >= 11 is 0. The Kier molecular flexibility index (Phi) is 3.36. The van der Waals surface area contributed by atoms with E-state index < -0.39 is 11.9 Å². The Bertz CT molecular complexity index is 458. The topological polar surface area (TPSA) is 74.7 Å². The molecule has 1 saturated heterocycles. The number of aliphatic carboxylic acids is 1. The summed E-state index contributed by atoms with van der Waals surface area (Å²) in [6, 6.07) is 0. The van der Waals surface area contributed by atoms with Crippen molar-refractivity contribution < 1.29 is 19.5 Å². The van der Waals surface area contributed by atoms with Gasteiger partial charge in [0.25, 0.3) is 0 Å². The van der Waals surface area contributed by atoms with E-state index in [9.17, 15) is 19.5 Å². The molecule has 2 amide bonds. The number of imide groups is 1. The predicted octanol–water partition coefficient (Wildman–Crippen LogP) is 1.44. The highest BCUT2D eigenvalue weighted by molar-refractivity contribution is 6.05. The molecule has 0 aromatic heterocycles. The molecule has 4 atom stereocenters. The smallest absolute Gasteiger partial charge is 0.306 e. The average molecular weight is 277 g/mol. The first-order valence-electron chi connectivity index (χ1n) is 7.32. The minimum atomic E-state index is -0.800. The number of fused-ring (bicyclic) bond motifs is 1. The van der Waals surface area contributed by atoms with Crippen LogP contribution in [-0.4, -0.2) is 34.3 Å². The second kappa shape index (κ2) is 5.04. The molecule has 0 aromatic rings. The third kappa shape index (κ3) is 2.05. The van der Waals surface area contributed by atoms with Crippen molar-refractivity contribution in [2.75, 3.05) is 6.54 Å². The summed E-state index contributed by atoms with van der Waals surface area (Å²) in [5, 5.41) is 9.20. The molecule has 3 aliphatic rings. The van der Waals surface area contributed by atoms with Gasteiger partial charge in [0.1, 0.15) is 0 Å². The van der Waals surface area contributed by atoms with Crippen molar-refractivity contribution >= 4 is 17.8 Å². The zero-order valence-corrected chi connectivity index (χ0v) is 11.3. The van der Waals surface area contributed by atoms with Crippen LogP contribution in [0.3, 0.4) is 0 Å². The van der Waals surface area contributed by atoms with Crippen LogP contribution in [0.4, 0.5) is 0 Å². The Morgan fingerprint density at radius 1 is 1.15 bits per heavy atom. The minimum Gasteiger partial charge on any atom is -0.481 e. The SMILES string of the molecule is O=C(O)C1CCCC1CN1C(=O)[C@H]2CC=CC[C@H]2C1=O. The third-order valence-corrected chi connectivity index (χ3v) is 4.99. The highest BCUT2D eigenvalue weighted by atomic mass is 16.4. The summed E-state index contributed by atoms with van der Waals surface area (Å²) in [6.45, 7) is 0.293. The van der Waals surface area contributed by atoms with Crippen LogP contribution in [0.5, 0.6) is 0 Å². The largest absolute Gasteiger partial charge is 0.481 e. The maximum absolute atomic E-state index is 12.3. The van der Waals surface area contributed by atoms with Gasteiger partial charge in [-0.2, -0.15) is 0 Å². The van der Waals surface area contributed by atoms with Crippen LogP contribution in [0.1, 0.15) is 32.1 Å². The molecule has 1 saturated carbocycles. The van der Waals surface area contributed by atoms with Gasteiger partial charge >= 0.3 is 5.97 Å². The number of likely N-dealkylation sites (tertiary alicyclic amines) is 1. The van der Waals surface area contributed by atoms with E-state index in [1.54, 1.807) is 0 Å². The quantitative estimate of drug-likeness (QED) is 0.625. The van der Waals surface area contributed by atoms with Crippen molar-refractivity contribution in [3.05, 3.63) is 12.2 Å². The Morgan fingerprint density at radius 2 is 1.75 bits per heavy atom. The fourth-order valence-corrected chi connectivity index (χ4v) is 3.86. The first-order chi connectivity index (χ1) is 9.59. The fraction of sp³-hybridized carbons (Fsp3) is 0.667.